The van der Waals surface area contributed by atoms with Crippen LogP contribution >= 0.6 is 27.5 Å². The van der Waals surface area contributed by atoms with Crippen LogP contribution in [-0.4, -0.2) is 28.0 Å². The molecule has 0 fully saturated rings. The molecule has 0 radical (unpaired) electrons. The molecule has 198 valence electrons. The number of aromatic amines is 1. The summed E-state index contributed by atoms with van der Waals surface area (Å²) in [4.78, 5) is 39.3. The maximum Gasteiger partial charge on any atom is 0.343 e. The fourth-order valence-corrected chi connectivity index (χ4v) is 4.93. The molecular formula is C29H18BrClN4O5. The van der Waals surface area contributed by atoms with Gasteiger partial charge in [-0.15, -0.1) is 0 Å². The average molecular weight is 618 g/mol. The van der Waals surface area contributed by atoms with Crippen LogP contribution < -0.4 is 10.2 Å². The second kappa shape index (κ2) is 11.5. The standard InChI is InChI=1S/C29H18BrClN4O5/c30-20-14-22-25(17-6-2-1-3-7-17)27(33-26(22)23(31)15-20)28(36)34-32-16-19-8-4-5-9-24(19)40-29(37)18-10-12-21(13-11-18)35(38)39/h1-16,33H,(H,34,36). The largest absolute Gasteiger partial charge is 0.422 e. The summed E-state index contributed by atoms with van der Waals surface area (Å²) in [6.07, 6.45) is 1.35. The van der Waals surface area contributed by atoms with Crippen molar-refractivity contribution in [3.05, 3.63) is 127 Å². The monoisotopic (exact) mass is 616 g/mol. The molecule has 1 aromatic heterocycles. The number of nitrogens with zero attached hydrogens (tertiary/aromatic N) is 2. The summed E-state index contributed by atoms with van der Waals surface area (Å²) in [6.45, 7) is 0. The number of nitro groups is 1. The Labute approximate surface area is 240 Å². The number of H-pyrrole nitrogens is 1. The van der Waals surface area contributed by atoms with Crippen LogP contribution in [0, 0.1) is 10.1 Å². The number of carbonyl (C=O) groups is 2. The molecule has 9 nitrogen and oxygen atoms in total. The second-order valence-corrected chi connectivity index (χ2v) is 9.80. The van der Waals surface area contributed by atoms with Crippen molar-refractivity contribution in [1.29, 1.82) is 0 Å². The van der Waals surface area contributed by atoms with Crippen molar-refractivity contribution < 1.29 is 19.2 Å². The van der Waals surface area contributed by atoms with Gasteiger partial charge >= 0.3 is 5.97 Å². The van der Waals surface area contributed by atoms with E-state index in [-0.39, 0.29) is 22.7 Å². The number of para-hydroxylation sites is 1. The fourth-order valence-electron chi connectivity index (χ4n) is 4.07. The predicted octanol–water partition coefficient (Wildman–Crippen LogP) is 7.14. The van der Waals surface area contributed by atoms with Crippen molar-refractivity contribution in [2.24, 2.45) is 5.10 Å². The third-order valence-corrected chi connectivity index (χ3v) is 6.68. The van der Waals surface area contributed by atoms with E-state index < -0.39 is 16.8 Å². The van der Waals surface area contributed by atoms with Crippen LogP contribution in [0.1, 0.15) is 26.4 Å². The van der Waals surface area contributed by atoms with Gasteiger partial charge in [-0.3, -0.25) is 14.9 Å². The molecule has 2 N–H and O–H groups in total. The minimum absolute atomic E-state index is 0.139. The molecule has 1 amide bonds. The van der Waals surface area contributed by atoms with Gasteiger partial charge < -0.3 is 9.72 Å². The first kappa shape index (κ1) is 26.8. The molecule has 0 bridgehead atoms. The Morgan fingerprint density at radius 3 is 2.42 bits per heavy atom. The summed E-state index contributed by atoms with van der Waals surface area (Å²) < 4.78 is 6.25. The Bertz CT molecular complexity index is 1790. The number of ether oxygens (including phenoxy) is 1. The zero-order valence-corrected chi connectivity index (χ0v) is 22.8. The van der Waals surface area contributed by atoms with Crippen molar-refractivity contribution >= 4 is 62.2 Å². The highest BCUT2D eigenvalue weighted by atomic mass is 79.9. The van der Waals surface area contributed by atoms with Crippen molar-refractivity contribution in [3.63, 3.8) is 0 Å². The average Bonchev–Trinajstić information content (AvgIpc) is 3.34. The topological polar surface area (TPSA) is 127 Å². The van der Waals surface area contributed by atoms with Gasteiger partial charge in [0.05, 0.1) is 27.2 Å². The summed E-state index contributed by atoms with van der Waals surface area (Å²) in [5.41, 5.74) is 5.32. The van der Waals surface area contributed by atoms with Gasteiger partial charge in [0.1, 0.15) is 11.4 Å². The van der Waals surface area contributed by atoms with E-state index >= 15 is 0 Å². The Morgan fingerprint density at radius 1 is 1.00 bits per heavy atom. The number of fused-ring (bicyclic) bond motifs is 1. The summed E-state index contributed by atoms with van der Waals surface area (Å²) in [7, 11) is 0. The normalized spacial score (nSPS) is 11.1. The van der Waals surface area contributed by atoms with Gasteiger partial charge in [-0.05, 0) is 42.0 Å². The van der Waals surface area contributed by atoms with E-state index in [0.29, 0.717) is 21.7 Å². The number of carbonyl (C=O) groups excluding carboxylic acids is 2. The van der Waals surface area contributed by atoms with Crippen molar-refractivity contribution in [3.8, 4) is 16.9 Å². The highest BCUT2D eigenvalue weighted by Gasteiger charge is 2.21. The third-order valence-electron chi connectivity index (χ3n) is 5.92. The first-order chi connectivity index (χ1) is 19.3. The van der Waals surface area contributed by atoms with Crippen molar-refractivity contribution in [1.82, 2.24) is 10.4 Å². The molecule has 0 spiro atoms. The van der Waals surface area contributed by atoms with Crippen LogP contribution in [0.25, 0.3) is 22.0 Å². The Morgan fingerprint density at radius 2 is 1.70 bits per heavy atom. The first-order valence-corrected chi connectivity index (χ1v) is 12.9. The number of nitro benzene ring substituents is 1. The van der Waals surface area contributed by atoms with E-state index in [4.69, 9.17) is 16.3 Å². The molecule has 0 atom stereocenters. The van der Waals surface area contributed by atoms with E-state index in [2.05, 4.69) is 31.4 Å². The zero-order valence-electron chi connectivity index (χ0n) is 20.4. The molecule has 5 aromatic rings. The molecule has 0 aliphatic rings. The SMILES string of the molecule is O=C(Oc1ccccc1C=NNC(=O)c1[nH]c2c(Cl)cc(Br)cc2c1-c1ccccc1)c1ccc([N+](=O)[O-])cc1. The molecule has 0 unspecified atom stereocenters. The van der Waals surface area contributed by atoms with Crippen molar-refractivity contribution in [2.45, 2.75) is 0 Å². The lowest BCUT2D eigenvalue weighted by Gasteiger charge is -2.07. The molecule has 0 aliphatic carbocycles. The van der Waals surface area contributed by atoms with Crippen molar-refractivity contribution in [2.75, 3.05) is 0 Å². The van der Waals surface area contributed by atoms with E-state index in [1.165, 1.54) is 30.5 Å². The number of aromatic nitrogens is 1. The quantitative estimate of drug-likeness (QED) is 0.0660. The van der Waals surface area contributed by atoms with Gasteiger partial charge in [-0.25, -0.2) is 10.2 Å². The molecule has 0 saturated carbocycles. The number of rotatable bonds is 7. The van der Waals surface area contributed by atoms with Crippen LogP contribution in [0.5, 0.6) is 5.75 Å². The first-order valence-electron chi connectivity index (χ1n) is 11.8. The Hall–Kier alpha value is -4.80. The third kappa shape index (κ3) is 5.63. The lowest BCUT2D eigenvalue weighted by molar-refractivity contribution is -0.384. The van der Waals surface area contributed by atoms with E-state index in [1.807, 2.05) is 36.4 Å². The molecule has 0 aliphatic heterocycles. The number of amides is 1. The molecule has 4 aromatic carbocycles. The maximum absolute atomic E-state index is 13.3. The maximum atomic E-state index is 13.3. The minimum Gasteiger partial charge on any atom is -0.422 e. The Balaban J connectivity index is 1.38. The van der Waals surface area contributed by atoms with Gasteiger partial charge in [0.2, 0.25) is 0 Å². The molecule has 0 saturated heterocycles. The fraction of sp³-hybridized carbons (Fsp3) is 0. The molecule has 40 heavy (non-hydrogen) atoms. The summed E-state index contributed by atoms with van der Waals surface area (Å²) in [5, 5.41) is 16.2. The second-order valence-electron chi connectivity index (χ2n) is 8.48. The van der Waals surface area contributed by atoms with Gasteiger partial charge in [0.15, 0.2) is 0 Å². The summed E-state index contributed by atoms with van der Waals surface area (Å²) >= 11 is 9.92. The van der Waals surface area contributed by atoms with Crippen LogP contribution in [-0.2, 0) is 0 Å². The van der Waals surface area contributed by atoms with Gasteiger partial charge in [-0.2, -0.15) is 5.10 Å². The van der Waals surface area contributed by atoms with Gasteiger partial charge in [0, 0.05) is 33.1 Å². The molecule has 1 heterocycles. The van der Waals surface area contributed by atoms with E-state index in [0.717, 1.165) is 15.4 Å². The van der Waals surface area contributed by atoms with E-state index in [1.54, 1.807) is 30.3 Å². The number of hydrogen-bond donors (Lipinski definition) is 2. The highest BCUT2D eigenvalue weighted by Crippen LogP contribution is 2.37. The van der Waals surface area contributed by atoms with Crippen LogP contribution in [0.4, 0.5) is 5.69 Å². The number of hydrogen-bond acceptors (Lipinski definition) is 6. The number of esters is 1. The van der Waals surface area contributed by atoms with Gasteiger partial charge in [0.25, 0.3) is 11.6 Å². The molecule has 5 rings (SSSR count). The lowest BCUT2D eigenvalue weighted by Crippen LogP contribution is -2.19. The number of non-ortho nitro benzene ring substituents is 1. The Kier molecular flexibility index (Phi) is 7.72. The lowest BCUT2D eigenvalue weighted by atomic mass is 10.0. The number of hydrazone groups is 1. The zero-order chi connectivity index (χ0) is 28.2. The predicted molar refractivity (Wildman–Crippen MR) is 156 cm³/mol. The van der Waals surface area contributed by atoms with Crippen LogP contribution in [0.15, 0.2) is 101 Å². The number of halogens is 2. The van der Waals surface area contributed by atoms with E-state index in [9.17, 15) is 19.7 Å². The highest BCUT2D eigenvalue weighted by molar-refractivity contribution is 9.10. The minimum atomic E-state index is -0.701. The summed E-state index contributed by atoms with van der Waals surface area (Å²) in [5.74, 6) is -1.01. The smallest absolute Gasteiger partial charge is 0.343 e. The van der Waals surface area contributed by atoms with Gasteiger partial charge in [-0.1, -0.05) is 70.0 Å². The summed E-state index contributed by atoms with van der Waals surface area (Å²) in [6, 6.07) is 24.7. The van der Waals surface area contributed by atoms with Crippen LogP contribution in [0.2, 0.25) is 5.02 Å². The number of benzene rings is 4. The number of nitrogens with one attached hydrogen (secondary N) is 2. The molecule has 11 heteroatoms. The van der Waals surface area contributed by atoms with Crippen LogP contribution in [0.3, 0.4) is 0 Å². The molecular weight excluding hydrogens is 600 g/mol.